The van der Waals surface area contributed by atoms with Gasteiger partial charge in [-0.3, -0.25) is 19.5 Å². The Kier molecular flexibility index (Phi) is 8.10. The molecule has 176 valence electrons. The molecule has 2 saturated heterocycles. The van der Waals surface area contributed by atoms with Crippen LogP contribution in [0.2, 0.25) is 0 Å². The number of nitrogens with zero attached hydrogens (tertiary/aromatic N) is 4. The first-order valence-corrected chi connectivity index (χ1v) is 12.3. The van der Waals surface area contributed by atoms with Crippen LogP contribution in [0.1, 0.15) is 48.8 Å². The quantitative estimate of drug-likeness (QED) is 0.619. The van der Waals surface area contributed by atoms with Crippen LogP contribution < -0.4 is 0 Å². The van der Waals surface area contributed by atoms with E-state index in [0.29, 0.717) is 25.4 Å². The Bertz CT molecular complexity index is 925. The van der Waals surface area contributed by atoms with Gasteiger partial charge >= 0.3 is 0 Å². The Labute approximate surface area is 197 Å². The maximum Gasteiger partial charge on any atom is 0.242 e. The van der Waals surface area contributed by atoms with Gasteiger partial charge in [0, 0.05) is 45.0 Å². The Morgan fingerprint density at radius 2 is 1.91 bits per heavy atom. The Balaban J connectivity index is 1.35. The van der Waals surface area contributed by atoms with E-state index in [0.717, 1.165) is 57.4 Å². The van der Waals surface area contributed by atoms with Crippen molar-refractivity contribution in [1.29, 1.82) is 0 Å². The summed E-state index contributed by atoms with van der Waals surface area (Å²) < 4.78 is 0. The lowest BCUT2D eigenvalue weighted by molar-refractivity contribution is -0.142. The van der Waals surface area contributed by atoms with Gasteiger partial charge in [0.2, 0.25) is 11.8 Å². The lowest BCUT2D eigenvalue weighted by atomic mass is 9.95. The Hall–Kier alpha value is -2.73. The van der Waals surface area contributed by atoms with Crippen molar-refractivity contribution < 1.29 is 9.59 Å². The number of amides is 2. The van der Waals surface area contributed by atoms with Crippen LogP contribution in [0.5, 0.6) is 0 Å². The van der Waals surface area contributed by atoms with Crippen molar-refractivity contribution in [1.82, 2.24) is 19.7 Å². The molecular weight excluding hydrogens is 412 g/mol. The topological polar surface area (TPSA) is 56.8 Å². The Morgan fingerprint density at radius 3 is 2.64 bits per heavy atom. The summed E-state index contributed by atoms with van der Waals surface area (Å²) >= 11 is 0. The molecule has 0 spiro atoms. The molecule has 3 heterocycles. The number of rotatable bonds is 8. The number of pyridine rings is 1. The highest BCUT2D eigenvalue weighted by Crippen LogP contribution is 2.22. The normalized spacial score (nSPS) is 17.8. The Morgan fingerprint density at radius 1 is 1.09 bits per heavy atom. The van der Waals surface area contributed by atoms with E-state index in [2.05, 4.69) is 41.1 Å². The highest BCUT2D eigenvalue weighted by molar-refractivity contribution is 5.85. The zero-order valence-electron chi connectivity index (χ0n) is 19.8. The second kappa shape index (κ2) is 11.4. The second-order valence-corrected chi connectivity index (χ2v) is 9.55. The third-order valence-electron chi connectivity index (χ3n) is 7.04. The average Bonchev–Trinajstić information content (AvgIpc) is 2.83. The zero-order chi connectivity index (χ0) is 23.0. The highest BCUT2D eigenvalue weighted by Gasteiger charge is 2.27. The molecule has 0 atom stereocenters. The molecule has 2 aromatic rings. The predicted octanol–water partition coefficient (Wildman–Crippen LogP) is 3.64. The van der Waals surface area contributed by atoms with E-state index in [1.165, 1.54) is 11.1 Å². The number of aryl methyl sites for hydroxylation is 1. The van der Waals surface area contributed by atoms with E-state index in [9.17, 15) is 9.59 Å². The lowest BCUT2D eigenvalue weighted by Crippen LogP contribution is -2.46. The van der Waals surface area contributed by atoms with E-state index in [-0.39, 0.29) is 18.4 Å². The van der Waals surface area contributed by atoms with Crippen molar-refractivity contribution in [3.8, 4) is 0 Å². The van der Waals surface area contributed by atoms with Gasteiger partial charge in [-0.1, -0.05) is 30.3 Å². The van der Waals surface area contributed by atoms with E-state index in [1.807, 2.05) is 23.2 Å². The van der Waals surface area contributed by atoms with Gasteiger partial charge < -0.3 is 9.80 Å². The fraction of sp³-hybridized carbons (Fsp3) is 0.519. The number of hydrogen-bond acceptors (Lipinski definition) is 4. The molecule has 6 heteroatoms. The van der Waals surface area contributed by atoms with Gasteiger partial charge in [-0.25, -0.2) is 0 Å². The molecule has 2 aliphatic heterocycles. The van der Waals surface area contributed by atoms with Crippen LogP contribution in [0.25, 0.3) is 0 Å². The van der Waals surface area contributed by atoms with Crippen molar-refractivity contribution >= 4 is 11.8 Å². The van der Waals surface area contributed by atoms with Crippen molar-refractivity contribution in [2.45, 2.75) is 52.1 Å². The van der Waals surface area contributed by atoms with Crippen LogP contribution >= 0.6 is 0 Å². The minimum atomic E-state index is 0.0523. The predicted molar refractivity (Wildman–Crippen MR) is 129 cm³/mol. The van der Waals surface area contributed by atoms with Gasteiger partial charge in [-0.15, -0.1) is 0 Å². The van der Waals surface area contributed by atoms with Gasteiger partial charge in [0.15, 0.2) is 0 Å². The van der Waals surface area contributed by atoms with E-state index < -0.39 is 0 Å². The van der Waals surface area contributed by atoms with Crippen LogP contribution in [0, 0.1) is 12.8 Å². The first-order chi connectivity index (χ1) is 16.1. The molecule has 33 heavy (non-hydrogen) atoms. The summed E-state index contributed by atoms with van der Waals surface area (Å²) in [5.74, 6) is 0.646. The lowest BCUT2D eigenvalue weighted by Gasteiger charge is -2.36. The molecule has 0 unspecified atom stereocenters. The molecule has 1 aromatic carbocycles. The zero-order valence-corrected chi connectivity index (χ0v) is 19.8. The number of carbonyl (C=O) groups excluding carboxylic acids is 2. The van der Waals surface area contributed by atoms with E-state index in [1.54, 1.807) is 11.1 Å². The minimum Gasteiger partial charge on any atom is -0.336 e. The van der Waals surface area contributed by atoms with E-state index in [4.69, 9.17) is 0 Å². The molecule has 0 aliphatic carbocycles. The van der Waals surface area contributed by atoms with E-state index >= 15 is 0 Å². The van der Waals surface area contributed by atoms with Gasteiger partial charge in [-0.2, -0.15) is 0 Å². The van der Waals surface area contributed by atoms with Crippen molar-refractivity contribution in [3.05, 3.63) is 65.5 Å². The van der Waals surface area contributed by atoms with Crippen LogP contribution in [0.4, 0.5) is 0 Å². The average molecular weight is 449 g/mol. The van der Waals surface area contributed by atoms with Crippen molar-refractivity contribution in [3.63, 3.8) is 0 Å². The maximum absolute atomic E-state index is 13.3. The number of benzene rings is 1. The minimum absolute atomic E-state index is 0.0523. The van der Waals surface area contributed by atoms with Crippen LogP contribution in [-0.2, 0) is 22.7 Å². The summed E-state index contributed by atoms with van der Waals surface area (Å²) in [5.41, 5.74) is 3.78. The number of piperidine rings is 2. The third kappa shape index (κ3) is 6.64. The smallest absolute Gasteiger partial charge is 0.242 e. The molecular formula is C27H36N4O2. The molecule has 1 aromatic heterocycles. The van der Waals surface area contributed by atoms with Gasteiger partial charge in [0.05, 0.1) is 6.54 Å². The SMILES string of the molecule is Cc1ccccc1CN1CCC(CN(Cc2cccnc2)C(=O)CN2CCCCC2=O)CC1. The molecule has 0 radical (unpaired) electrons. The number of aromatic nitrogens is 1. The molecule has 6 nitrogen and oxygen atoms in total. The van der Waals surface area contributed by atoms with Gasteiger partial charge in [-0.05, 0) is 74.4 Å². The van der Waals surface area contributed by atoms with Crippen LogP contribution in [-0.4, -0.2) is 64.2 Å². The van der Waals surface area contributed by atoms with Crippen LogP contribution in [0.3, 0.4) is 0 Å². The standard InChI is InChI=1S/C27H36N4O2/c1-22-7-2-3-9-25(22)20-29-15-11-23(12-16-29)18-31(19-24-8-6-13-28-17-24)27(33)21-30-14-5-4-10-26(30)32/h2-3,6-9,13,17,23H,4-5,10-12,14-16,18-21H2,1H3. The van der Waals surface area contributed by atoms with Gasteiger partial charge in [0.25, 0.3) is 0 Å². The fourth-order valence-corrected chi connectivity index (χ4v) is 4.93. The highest BCUT2D eigenvalue weighted by atomic mass is 16.2. The molecule has 0 N–H and O–H groups in total. The summed E-state index contributed by atoms with van der Waals surface area (Å²) in [6, 6.07) is 12.5. The summed E-state index contributed by atoms with van der Waals surface area (Å²) in [4.78, 5) is 36.0. The van der Waals surface area contributed by atoms with Crippen molar-refractivity contribution in [2.75, 3.05) is 32.7 Å². The molecule has 0 bridgehead atoms. The summed E-state index contributed by atoms with van der Waals surface area (Å²) in [6.07, 6.45) is 8.25. The van der Waals surface area contributed by atoms with Gasteiger partial charge in [0.1, 0.15) is 0 Å². The summed E-state index contributed by atoms with van der Waals surface area (Å²) in [6.45, 7) is 7.48. The number of carbonyl (C=O) groups is 2. The molecule has 4 rings (SSSR count). The fourth-order valence-electron chi connectivity index (χ4n) is 4.93. The number of likely N-dealkylation sites (tertiary alicyclic amines) is 2. The first kappa shape index (κ1) is 23.4. The summed E-state index contributed by atoms with van der Waals surface area (Å²) in [5, 5.41) is 0. The largest absolute Gasteiger partial charge is 0.336 e. The molecule has 0 saturated carbocycles. The van der Waals surface area contributed by atoms with Crippen LogP contribution in [0.15, 0.2) is 48.8 Å². The second-order valence-electron chi connectivity index (χ2n) is 9.55. The maximum atomic E-state index is 13.3. The molecule has 2 amide bonds. The first-order valence-electron chi connectivity index (χ1n) is 12.3. The molecule has 2 aliphatic rings. The molecule has 2 fully saturated rings. The summed E-state index contributed by atoms with van der Waals surface area (Å²) in [7, 11) is 0. The van der Waals surface area contributed by atoms with Crippen molar-refractivity contribution in [2.24, 2.45) is 5.92 Å². The third-order valence-corrected chi connectivity index (χ3v) is 7.04. The monoisotopic (exact) mass is 448 g/mol. The number of hydrogen-bond donors (Lipinski definition) is 0.